The molecule has 32 heavy (non-hydrogen) atoms. The molecule has 0 radical (unpaired) electrons. The molecule has 11 heteroatoms. The number of alkyl halides is 4. The van der Waals surface area contributed by atoms with Gasteiger partial charge in [-0.15, -0.1) is 10.2 Å². The quantitative estimate of drug-likeness (QED) is 0.438. The van der Waals surface area contributed by atoms with Crippen molar-refractivity contribution in [2.45, 2.75) is 64.9 Å². The zero-order valence-corrected chi connectivity index (χ0v) is 18.4. The first-order chi connectivity index (χ1) is 14.7. The van der Waals surface area contributed by atoms with Crippen molar-refractivity contribution < 1.29 is 36.2 Å². The molecule has 176 valence electrons. The van der Waals surface area contributed by atoms with Crippen LogP contribution in [0, 0.1) is 12.3 Å². The van der Waals surface area contributed by atoms with Gasteiger partial charge in [0.15, 0.2) is 17.6 Å². The molecule has 0 aromatic carbocycles. The highest BCUT2D eigenvalue weighted by molar-refractivity contribution is 5.95. The monoisotopic (exact) mass is 459 g/mol. The third-order valence-corrected chi connectivity index (χ3v) is 5.34. The molecular formula is C21H25F4N3O4. The topological polar surface area (TPSA) is 87.3 Å². The van der Waals surface area contributed by atoms with Gasteiger partial charge in [0.05, 0.1) is 18.8 Å². The van der Waals surface area contributed by atoms with Crippen LogP contribution in [0.15, 0.2) is 16.7 Å². The molecule has 0 saturated carbocycles. The summed E-state index contributed by atoms with van der Waals surface area (Å²) in [6.45, 7) is 7.45. The van der Waals surface area contributed by atoms with E-state index in [9.17, 15) is 22.4 Å². The first-order valence-corrected chi connectivity index (χ1v) is 10.0. The molecule has 7 nitrogen and oxygen atoms in total. The Morgan fingerprint density at radius 2 is 1.91 bits per heavy atom. The van der Waals surface area contributed by atoms with E-state index in [4.69, 9.17) is 13.9 Å². The van der Waals surface area contributed by atoms with E-state index in [-0.39, 0.29) is 42.5 Å². The summed E-state index contributed by atoms with van der Waals surface area (Å²) in [4.78, 5) is 17.0. The summed E-state index contributed by atoms with van der Waals surface area (Å²) < 4.78 is 69.5. The van der Waals surface area contributed by atoms with Crippen molar-refractivity contribution in [3.63, 3.8) is 0 Å². The van der Waals surface area contributed by atoms with Crippen LogP contribution < -0.4 is 4.74 Å². The summed E-state index contributed by atoms with van der Waals surface area (Å²) in [5, 5.41) is 7.81. The van der Waals surface area contributed by atoms with Crippen LogP contribution in [0.3, 0.4) is 0 Å². The van der Waals surface area contributed by atoms with Gasteiger partial charge >= 0.3 is 6.18 Å². The first-order valence-electron chi connectivity index (χ1n) is 10.0. The number of hydrogen-bond acceptors (Lipinski definition) is 7. The van der Waals surface area contributed by atoms with Crippen LogP contribution >= 0.6 is 0 Å². The second kappa shape index (κ2) is 8.42. The second-order valence-corrected chi connectivity index (χ2v) is 9.03. The van der Waals surface area contributed by atoms with Crippen molar-refractivity contribution in [3.05, 3.63) is 35.3 Å². The Morgan fingerprint density at radius 3 is 2.38 bits per heavy atom. The molecular weight excluding hydrogens is 434 g/mol. The lowest BCUT2D eigenvalue weighted by Crippen LogP contribution is -2.43. The van der Waals surface area contributed by atoms with E-state index < -0.39 is 35.1 Å². The highest BCUT2D eigenvalue weighted by Crippen LogP contribution is 2.41. The molecule has 0 bridgehead atoms. The van der Waals surface area contributed by atoms with Crippen molar-refractivity contribution in [1.82, 2.24) is 15.2 Å². The number of carbonyl (C=O) groups is 1. The zero-order valence-electron chi connectivity index (χ0n) is 18.4. The van der Waals surface area contributed by atoms with Crippen molar-refractivity contribution in [3.8, 4) is 5.75 Å². The second-order valence-electron chi connectivity index (χ2n) is 9.03. The molecule has 1 saturated heterocycles. The third-order valence-electron chi connectivity index (χ3n) is 5.34. The van der Waals surface area contributed by atoms with Gasteiger partial charge in [0.25, 0.3) is 0 Å². The van der Waals surface area contributed by atoms with E-state index in [1.165, 1.54) is 0 Å². The van der Waals surface area contributed by atoms with Crippen LogP contribution in [-0.4, -0.2) is 46.5 Å². The van der Waals surface area contributed by atoms with Crippen molar-refractivity contribution in [2.75, 3.05) is 13.2 Å². The fourth-order valence-corrected chi connectivity index (χ4v) is 3.22. The molecule has 3 rings (SSSR count). The maximum absolute atomic E-state index is 14.9. The maximum Gasteiger partial charge on any atom is 0.425 e. The van der Waals surface area contributed by atoms with Gasteiger partial charge in [-0.2, -0.15) is 13.2 Å². The fourth-order valence-electron chi connectivity index (χ4n) is 3.22. The van der Waals surface area contributed by atoms with Gasteiger partial charge < -0.3 is 13.9 Å². The summed E-state index contributed by atoms with van der Waals surface area (Å²) in [6.07, 6.45) is -5.93. The van der Waals surface area contributed by atoms with Crippen LogP contribution in [0.4, 0.5) is 17.6 Å². The summed E-state index contributed by atoms with van der Waals surface area (Å²) in [7, 11) is 0. The van der Waals surface area contributed by atoms with Crippen LogP contribution in [0.5, 0.6) is 5.75 Å². The number of Topliss-reactive ketones (excluding diaryl/α,β-unsaturated/α-hetero) is 1. The van der Waals surface area contributed by atoms with Crippen LogP contribution in [0.1, 0.15) is 67.9 Å². The normalized spacial score (nSPS) is 18.0. The maximum atomic E-state index is 14.9. The number of aryl methyl sites for hydroxylation is 1. The van der Waals surface area contributed by atoms with Gasteiger partial charge in [-0.05, 0) is 12.3 Å². The Labute approximate surface area is 182 Å². The van der Waals surface area contributed by atoms with E-state index in [1.807, 2.05) is 20.8 Å². The minimum Gasteiger partial charge on any atom is -0.481 e. The molecule has 2 aromatic heterocycles. The van der Waals surface area contributed by atoms with Crippen molar-refractivity contribution in [1.29, 1.82) is 0 Å². The highest BCUT2D eigenvalue weighted by Gasteiger charge is 2.45. The summed E-state index contributed by atoms with van der Waals surface area (Å²) >= 11 is 0. The van der Waals surface area contributed by atoms with E-state index in [2.05, 4.69) is 15.2 Å². The van der Waals surface area contributed by atoms with E-state index >= 15 is 0 Å². The Morgan fingerprint density at radius 1 is 1.25 bits per heavy atom. The van der Waals surface area contributed by atoms with Gasteiger partial charge in [0.2, 0.25) is 11.8 Å². The van der Waals surface area contributed by atoms with Gasteiger partial charge in [0, 0.05) is 31.5 Å². The Bertz CT molecular complexity index is 980. The SMILES string of the molecule is Cc1nnc(C(CC(=O)c2cc(O[C@@H](C)C(F)(F)F)c(C3(F)COC3)cn2)C(C)(C)C)o1. The van der Waals surface area contributed by atoms with Crippen LogP contribution in [0.25, 0.3) is 0 Å². The molecule has 0 N–H and O–H groups in total. The van der Waals surface area contributed by atoms with E-state index in [0.29, 0.717) is 5.89 Å². The number of pyridine rings is 1. The van der Waals surface area contributed by atoms with Crippen molar-refractivity contribution in [2.24, 2.45) is 5.41 Å². The first kappa shape index (κ1) is 24.1. The van der Waals surface area contributed by atoms with Gasteiger partial charge in [0.1, 0.15) is 11.4 Å². The molecule has 2 aromatic rings. The molecule has 1 unspecified atom stereocenters. The summed E-state index contributed by atoms with van der Waals surface area (Å²) in [5.74, 6) is -0.716. The van der Waals surface area contributed by atoms with Gasteiger partial charge in [-0.3, -0.25) is 9.78 Å². The van der Waals surface area contributed by atoms with E-state index in [1.54, 1.807) is 6.92 Å². The Kier molecular flexibility index (Phi) is 6.34. The number of ether oxygens (including phenoxy) is 2. The van der Waals surface area contributed by atoms with E-state index in [0.717, 1.165) is 19.2 Å². The molecule has 3 heterocycles. The molecule has 0 aliphatic carbocycles. The molecule has 1 fully saturated rings. The minimum atomic E-state index is -4.67. The molecule has 1 aliphatic rings. The average Bonchev–Trinajstić information content (AvgIpc) is 3.08. The molecule has 0 amide bonds. The lowest BCUT2D eigenvalue weighted by atomic mass is 9.77. The lowest BCUT2D eigenvalue weighted by Gasteiger charge is -2.35. The Hall–Kier alpha value is -2.56. The number of carbonyl (C=O) groups excluding carboxylic acids is 1. The molecule has 2 atom stereocenters. The number of hydrogen-bond donors (Lipinski definition) is 0. The highest BCUT2D eigenvalue weighted by atomic mass is 19.4. The van der Waals surface area contributed by atoms with Crippen LogP contribution in [-0.2, 0) is 10.4 Å². The standard InChI is InChI=1S/C21H25F4N3O4/c1-11(21(23,24)25)31-17-7-15(26-8-14(17)20(22)9-30-10-20)16(29)6-13(19(3,4)5)18-28-27-12(2)32-18/h7-8,11,13H,6,9-10H2,1-5H3/t11-,13?/m0/s1. The predicted molar refractivity (Wildman–Crippen MR) is 104 cm³/mol. The summed E-state index contributed by atoms with van der Waals surface area (Å²) in [5.41, 5.74) is -2.79. The number of halogens is 4. The molecule has 1 aliphatic heterocycles. The lowest BCUT2D eigenvalue weighted by molar-refractivity contribution is -0.190. The smallest absolute Gasteiger partial charge is 0.425 e. The average molecular weight is 459 g/mol. The fraction of sp³-hybridized carbons (Fsp3) is 0.619. The third kappa shape index (κ3) is 5.08. The number of rotatable bonds is 7. The number of nitrogens with zero attached hydrogens (tertiary/aromatic N) is 3. The summed E-state index contributed by atoms with van der Waals surface area (Å²) in [6, 6.07) is 1.05. The predicted octanol–water partition coefficient (Wildman–Crippen LogP) is 4.70. The zero-order chi connectivity index (χ0) is 23.9. The Balaban J connectivity index is 1.92. The molecule has 0 spiro atoms. The van der Waals surface area contributed by atoms with Crippen molar-refractivity contribution >= 4 is 5.78 Å². The van der Waals surface area contributed by atoms with Gasteiger partial charge in [-0.25, -0.2) is 4.39 Å². The number of aromatic nitrogens is 3. The van der Waals surface area contributed by atoms with Gasteiger partial charge in [-0.1, -0.05) is 20.8 Å². The minimum absolute atomic E-state index is 0.0877. The number of ketones is 1. The van der Waals surface area contributed by atoms with Crippen LogP contribution in [0.2, 0.25) is 0 Å². The largest absolute Gasteiger partial charge is 0.481 e.